The Hall–Kier alpha value is -2.30. The summed E-state index contributed by atoms with van der Waals surface area (Å²) in [5.41, 5.74) is 9.39. The molecule has 0 fully saturated rings. The number of benzene rings is 1. The van der Waals surface area contributed by atoms with Gasteiger partial charge < -0.3 is 15.2 Å². The third-order valence-corrected chi connectivity index (χ3v) is 3.41. The molecule has 0 saturated heterocycles. The van der Waals surface area contributed by atoms with E-state index in [0.717, 1.165) is 36.3 Å². The van der Waals surface area contributed by atoms with Crippen LogP contribution < -0.4 is 10.6 Å². The molecule has 0 saturated carbocycles. The minimum atomic E-state index is 0.0282. The van der Waals surface area contributed by atoms with Crippen LogP contribution in [-0.2, 0) is 17.6 Å². The lowest BCUT2D eigenvalue weighted by atomic mass is 9.99. The van der Waals surface area contributed by atoms with Crippen LogP contribution in [0.5, 0.6) is 0 Å². The highest BCUT2D eigenvalue weighted by Crippen LogP contribution is 2.31. The molecule has 1 aliphatic rings. The number of nitrogen functional groups attached to an aromatic ring is 1. The fourth-order valence-corrected chi connectivity index (χ4v) is 2.49. The van der Waals surface area contributed by atoms with E-state index in [-0.39, 0.29) is 12.3 Å². The highest BCUT2D eigenvalue weighted by atomic mass is 16.5. The van der Waals surface area contributed by atoms with E-state index in [1.165, 1.54) is 6.26 Å². The number of carbonyl (C=O) groups is 1. The van der Waals surface area contributed by atoms with Crippen LogP contribution in [0.2, 0.25) is 0 Å². The van der Waals surface area contributed by atoms with Crippen molar-refractivity contribution in [3.63, 3.8) is 0 Å². The van der Waals surface area contributed by atoms with Gasteiger partial charge in [0.15, 0.2) is 0 Å². The first-order chi connectivity index (χ1) is 9.25. The SMILES string of the molecule is Nc1cccc2c1CCCN2C(=O)Cc1ccon1. The molecule has 0 atom stereocenters. The summed E-state index contributed by atoms with van der Waals surface area (Å²) in [6.45, 7) is 0.729. The van der Waals surface area contributed by atoms with Gasteiger partial charge in [0.2, 0.25) is 5.91 Å². The zero-order valence-electron chi connectivity index (χ0n) is 10.5. The van der Waals surface area contributed by atoms with Crippen molar-refractivity contribution < 1.29 is 9.32 Å². The van der Waals surface area contributed by atoms with Crippen LogP contribution in [-0.4, -0.2) is 17.6 Å². The molecule has 3 rings (SSSR count). The average Bonchev–Trinajstić information content (AvgIpc) is 2.91. The van der Waals surface area contributed by atoms with Crippen LogP contribution in [0, 0.1) is 0 Å². The molecule has 0 bridgehead atoms. The Kier molecular flexibility index (Phi) is 2.95. The number of aromatic nitrogens is 1. The third kappa shape index (κ3) is 2.19. The predicted octanol–water partition coefficient (Wildman–Crippen LogP) is 1.78. The van der Waals surface area contributed by atoms with Crippen molar-refractivity contribution in [2.45, 2.75) is 19.3 Å². The van der Waals surface area contributed by atoms with Crippen LogP contribution in [0.4, 0.5) is 11.4 Å². The summed E-state index contributed by atoms with van der Waals surface area (Å²) in [5.74, 6) is 0.0282. The Balaban J connectivity index is 1.87. The molecule has 0 radical (unpaired) electrons. The van der Waals surface area contributed by atoms with Gasteiger partial charge in [-0.25, -0.2) is 0 Å². The van der Waals surface area contributed by atoms with Crippen molar-refractivity contribution in [1.29, 1.82) is 0 Å². The van der Waals surface area contributed by atoms with E-state index in [0.29, 0.717) is 5.69 Å². The first kappa shape index (κ1) is 11.8. The lowest BCUT2D eigenvalue weighted by molar-refractivity contribution is -0.118. The van der Waals surface area contributed by atoms with E-state index in [2.05, 4.69) is 5.16 Å². The molecule has 1 amide bonds. The summed E-state index contributed by atoms with van der Waals surface area (Å²) in [5, 5.41) is 3.78. The number of nitrogens with two attached hydrogens (primary N) is 1. The maximum absolute atomic E-state index is 12.3. The van der Waals surface area contributed by atoms with Crippen LogP contribution in [0.1, 0.15) is 17.7 Å². The van der Waals surface area contributed by atoms with Crippen molar-refractivity contribution in [2.75, 3.05) is 17.2 Å². The molecule has 19 heavy (non-hydrogen) atoms. The quantitative estimate of drug-likeness (QED) is 0.832. The smallest absolute Gasteiger partial charge is 0.233 e. The zero-order valence-corrected chi connectivity index (χ0v) is 10.5. The summed E-state index contributed by atoms with van der Waals surface area (Å²) < 4.78 is 4.75. The topological polar surface area (TPSA) is 72.4 Å². The molecule has 2 N–H and O–H groups in total. The number of nitrogens with zero attached hydrogens (tertiary/aromatic N) is 2. The molecule has 98 valence electrons. The normalized spacial score (nSPS) is 14.2. The van der Waals surface area contributed by atoms with Crippen molar-refractivity contribution in [1.82, 2.24) is 5.16 Å². The van der Waals surface area contributed by atoms with Gasteiger partial charge >= 0.3 is 0 Å². The first-order valence-electron chi connectivity index (χ1n) is 6.32. The number of carbonyl (C=O) groups excluding carboxylic acids is 1. The lowest BCUT2D eigenvalue weighted by Crippen LogP contribution is -2.36. The monoisotopic (exact) mass is 257 g/mol. The molecule has 1 aromatic carbocycles. The van der Waals surface area contributed by atoms with Crippen molar-refractivity contribution in [3.05, 3.63) is 41.8 Å². The molecule has 0 unspecified atom stereocenters. The van der Waals surface area contributed by atoms with Gasteiger partial charge in [-0.15, -0.1) is 0 Å². The molecular weight excluding hydrogens is 242 g/mol. The van der Waals surface area contributed by atoms with Crippen LogP contribution in [0.25, 0.3) is 0 Å². The summed E-state index contributed by atoms with van der Waals surface area (Å²) in [4.78, 5) is 14.1. The second-order valence-corrected chi connectivity index (χ2v) is 4.66. The van der Waals surface area contributed by atoms with E-state index in [1.807, 2.05) is 18.2 Å². The van der Waals surface area contributed by atoms with Crippen LogP contribution in [0.3, 0.4) is 0 Å². The summed E-state index contributed by atoms with van der Waals surface area (Å²) in [6, 6.07) is 7.42. The fraction of sp³-hybridized carbons (Fsp3) is 0.286. The molecule has 1 aromatic heterocycles. The van der Waals surface area contributed by atoms with Gasteiger partial charge in [0.05, 0.1) is 12.1 Å². The van der Waals surface area contributed by atoms with Gasteiger partial charge in [-0.05, 0) is 30.5 Å². The number of hydrogen-bond donors (Lipinski definition) is 1. The Labute approximate surface area is 111 Å². The molecule has 2 heterocycles. The van der Waals surface area contributed by atoms with Crippen molar-refractivity contribution in [3.8, 4) is 0 Å². The Bertz CT molecular complexity index is 593. The van der Waals surface area contributed by atoms with Gasteiger partial charge in [-0.1, -0.05) is 11.2 Å². The van der Waals surface area contributed by atoms with Crippen LogP contribution >= 0.6 is 0 Å². The van der Waals surface area contributed by atoms with E-state index < -0.39 is 0 Å². The molecule has 5 nitrogen and oxygen atoms in total. The maximum Gasteiger partial charge on any atom is 0.233 e. The van der Waals surface area contributed by atoms with Gasteiger partial charge in [0.25, 0.3) is 0 Å². The van der Waals surface area contributed by atoms with Crippen molar-refractivity contribution in [2.24, 2.45) is 0 Å². The number of amides is 1. The van der Waals surface area contributed by atoms with Gasteiger partial charge in [-0.2, -0.15) is 0 Å². The summed E-state index contributed by atoms with van der Waals surface area (Å²) in [6.07, 6.45) is 3.59. The van der Waals surface area contributed by atoms with E-state index in [4.69, 9.17) is 10.3 Å². The Morgan fingerprint density at radius 2 is 2.32 bits per heavy atom. The lowest BCUT2D eigenvalue weighted by Gasteiger charge is -2.30. The number of rotatable bonds is 2. The minimum absolute atomic E-state index is 0.0282. The summed E-state index contributed by atoms with van der Waals surface area (Å²) >= 11 is 0. The van der Waals surface area contributed by atoms with Gasteiger partial charge in [0.1, 0.15) is 6.26 Å². The van der Waals surface area contributed by atoms with Gasteiger partial charge in [-0.3, -0.25) is 4.79 Å². The first-order valence-corrected chi connectivity index (χ1v) is 6.32. The van der Waals surface area contributed by atoms with Crippen molar-refractivity contribution >= 4 is 17.3 Å². The third-order valence-electron chi connectivity index (χ3n) is 3.41. The number of anilines is 2. The molecule has 0 spiro atoms. The highest BCUT2D eigenvalue weighted by Gasteiger charge is 2.24. The van der Waals surface area contributed by atoms with E-state index in [9.17, 15) is 4.79 Å². The largest absolute Gasteiger partial charge is 0.398 e. The molecule has 5 heteroatoms. The maximum atomic E-state index is 12.3. The van der Waals surface area contributed by atoms with Gasteiger partial charge in [0, 0.05) is 24.0 Å². The Morgan fingerprint density at radius 1 is 1.42 bits per heavy atom. The zero-order chi connectivity index (χ0) is 13.2. The summed E-state index contributed by atoms with van der Waals surface area (Å²) in [7, 11) is 0. The van der Waals surface area contributed by atoms with Crippen LogP contribution in [0.15, 0.2) is 35.1 Å². The molecule has 2 aromatic rings. The minimum Gasteiger partial charge on any atom is -0.398 e. The second kappa shape index (κ2) is 4.76. The second-order valence-electron chi connectivity index (χ2n) is 4.66. The Morgan fingerprint density at radius 3 is 3.11 bits per heavy atom. The number of hydrogen-bond acceptors (Lipinski definition) is 4. The fourth-order valence-electron chi connectivity index (χ4n) is 2.49. The predicted molar refractivity (Wildman–Crippen MR) is 71.7 cm³/mol. The highest BCUT2D eigenvalue weighted by molar-refractivity contribution is 5.96. The average molecular weight is 257 g/mol. The van der Waals surface area contributed by atoms with E-state index >= 15 is 0 Å². The van der Waals surface area contributed by atoms with E-state index in [1.54, 1.807) is 11.0 Å². The number of fused-ring (bicyclic) bond motifs is 1. The molecule has 0 aliphatic carbocycles. The molecular formula is C14H15N3O2. The molecule has 1 aliphatic heterocycles. The standard InChI is InChI=1S/C14H15N3O2/c15-12-4-1-5-13-11(12)3-2-7-17(13)14(18)9-10-6-8-19-16-10/h1,4-6,8H,2-3,7,9,15H2.